The van der Waals surface area contributed by atoms with E-state index in [0.29, 0.717) is 19.6 Å². The fourth-order valence-corrected chi connectivity index (χ4v) is 3.83. The third kappa shape index (κ3) is 4.74. The average Bonchev–Trinajstić information content (AvgIpc) is 3.14. The zero-order valence-corrected chi connectivity index (χ0v) is 17.9. The third-order valence-corrected chi connectivity index (χ3v) is 5.62. The topological polar surface area (TPSA) is 66.4 Å². The quantitative estimate of drug-likeness (QED) is 0.555. The number of aromatic nitrogens is 2. The first kappa shape index (κ1) is 20.2. The van der Waals surface area contributed by atoms with Crippen molar-refractivity contribution in [2.75, 3.05) is 11.4 Å². The van der Waals surface area contributed by atoms with Crippen LogP contribution in [0.15, 0.2) is 77.5 Å². The van der Waals surface area contributed by atoms with Gasteiger partial charge in [-0.1, -0.05) is 28.1 Å². The summed E-state index contributed by atoms with van der Waals surface area (Å²) in [6.07, 6.45) is 3.63. The first-order valence-electron chi connectivity index (χ1n) is 9.74. The number of hydrogen-bond acceptors (Lipinski definition) is 4. The number of likely N-dealkylation sites (tertiary alicyclic amines) is 1. The van der Waals surface area contributed by atoms with Gasteiger partial charge >= 0.3 is 0 Å². The summed E-state index contributed by atoms with van der Waals surface area (Å²) in [7, 11) is 0. The number of carbonyl (C=O) groups excluding carboxylic acids is 2. The second-order valence-corrected chi connectivity index (χ2v) is 8.13. The molecule has 3 aromatic rings. The van der Waals surface area contributed by atoms with Crippen molar-refractivity contribution in [2.45, 2.75) is 19.5 Å². The zero-order valence-electron chi connectivity index (χ0n) is 16.3. The number of halogens is 1. The fraction of sp³-hybridized carbons (Fsp3) is 0.217. The smallest absolute Gasteiger partial charge is 0.232 e. The Bertz CT molecular complexity index is 1010. The summed E-state index contributed by atoms with van der Waals surface area (Å²) in [4.78, 5) is 38.1. The molecule has 1 atom stereocenters. The Morgan fingerprint density at radius 1 is 1.00 bits per heavy atom. The van der Waals surface area contributed by atoms with E-state index in [2.05, 4.69) is 25.9 Å². The zero-order chi connectivity index (χ0) is 20.9. The predicted molar refractivity (Wildman–Crippen MR) is 117 cm³/mol. The van der Waals surface area contributed by atoms with Crippen molar-refractivity contribution in [2.24, 2.45) is 5.92 Å². The third-order valence-electron chi connectivity index (χ3n) is 5.09. The van der Waals surface area contributed by atoms with Crippen molar-refractivity contribution in [3.63, 3.8) is 0 Å². The maximum atomic E-state index is 13.5. The van der Waals surface area contributed by atoms with Crippen molar-refractivity contribution in [1.29, 1.82) is 0 Å². The molecule has 0 radical (unpaired) electrons. The summed E-state index contributed by atoms with van der Waals surface area (Å²) in [5.41, 5.74) is 2.39. The molecule has 1 aliphatic heterocycles. The SMILES string of the molecule is O=C1CC(C(=O)N(Cc2ccccn2)c2ccc(Br)cc2)CN1Cc1ccccn1. The van der Waals surface area contributed by atoms with E-state index in [1.165, 1.54) is 0 Å². The number of amides is 2. The molecule has 30 heavy (non-hydrogen) atoms. The van der Waals surface area contributed by atoms with Gasteiger partial charge < -0.3 is 9.80 Å². The lowest BCUT2D eigenvalue weighted by atomic mass is 10.1. The fourth-order valence-electron chi connectivity index (χ4n) is 3.57. The van der Waals surface area contributed by atoms with Crippen LogP contribution in [0.5, 0.6) is 0 Å². The maximum Gasteiger partial charge on any atom is 0.232 e. The second-order valence-electron chi connectivity index (χ2n) is 7.22. The summed E-state index contributed by atoms with van der Waals surface area (Å²) in [6.45, 7) is 1.16. The van der Waals surface area contributed by atoms with Gasteiger partial charge in [-0.05, 0) is 48.5 Å². The Labute approximate surface area is 183 Å². The minimum Gasteiger partial charge on any atom is -0.336 e. The van der Waals surface area contributed by atoms with Crippen LogP contribution in [0, 0.1) is 5.92 Å². The number of nitrogens with zero attached hydrogens (tertiary/aromatic N) is 4. The van der Waals surface area contributed by atoms with E-state index < -0.39 is 5.92 Å². The molecule has 7 heteroatoms. The van der Waals surface area contributed by atoms with Gasteiger partial charge in [-0.15, -0.1) is 0 Å². The monoisotopic (exact) mass is 464 g/mol. The molecule has 0 aliphatic carbocycles. The van der Waals surface area contributed by atoms with Crippen LogP contribution in [0.1, 0.15) is 17.8 Å². The van der Waals surface area contributed by atoms with Gasteiger partial charge in [0.05, 0.1) is 30.4 Å². The normalized spacial score (nSPS) is 16.0. The van der Waals surface area contributed by atoms with Crippen molar-refractivity contribution < 1.29 is 9.59 Å². The molecule has 1 fully saturated rings. The van der Waals surface area contributed by atoms with Crippen LogP contribution in [0.3, 0.4) is 0 Å². The Morgan fingerprint density at radius 2 is 1.67 bits per heavy atom. The Balaban J connectivity index is 1.53. The van der Waals surface area contributed by atoms with Crippen LogP contribution in [-0.4, -0.2) is 33.2 Å². The van der Waals surface area contributed by atoms with E-state index in [1.807, 2.05) is 60.7 Å². The molecule has 0 N–H and O–H groups in total. The lowest BCUT2D eigenvalue weighted by molar-refractivity contribution is -0.129. The van der Waals surface area contributed by atoms with Crippen molar-refractivity contribution in [1.82, 2.24) is 14.9 Å². The molecule has 0 saturated carbocycles. The van der Waals surface area contributed by atoms with Gasteiger partial charge in [0.2, 0.25) is 11.8 Å². The molecule has 2 amide bonds. The molecule has 4 rings (SSSR count). The lowest BCUT2D eigenvalue weighted by Crippen LogP contribution is -2.37. The van der Waals surface area contributed by atoms with E-state index in [0.717, 1.165) is 21.5 Å². The van der Waals surface area contributed by atoms with Crippen molar-refractivity contribution in [3.8, 4) is 0 Å². The molecule has 1 aromatic carbocycles. The first-order chi connectivity index (χ1) is 14.6. The molecular weight excluding hydrogens is 444 g/mol. The highest BCUT2D eigenvalue weighted by molar-refractivity contribution is 9.10. The molecule has 3 heterocycles. The van der Waals surface area contributed by atoms with E-state index in [9.17, 15) is 9.59 Å². The molecule has 2 aromatic heterocycles. The average molecular weight is 465 g/mol. The minimum absolute atomic E-state index is 0.0207. The van der Waals surface area contributed by atoms with Gasteiger partial charge in [-0.25, -0.2) is 0 Å². The van der Waals surface area contributed by atoms with Crippen molar-refractivity contribution >= 4 is 33.4 Å². The van der Waals surface area contributed by atoms with Crippen LogP contribution in [0.25, 0.3) is 0 Å². The summed E-state index contributed by atoms with van der Waals surface area (Å²) < 4.78 is 0.939. The van der Waals surface area contributed by atoms with Crippen LogP contribution < -0.4 is 4.90 Å². The van der Waals surface area contributed by atoms with Gasteiger partial charge in [0.25, 0.3) is 0 Å². The highest BCUT2D eigenvalue weighted by Gasteiger charge is 2.37. The van der Waals surface area contributed by atoms with Crippen LogP contribution >= 0.6 is 15.9 Å². The van der Waals surface area contributed by atoms with Crippen molar-refractivity contribution in [3.05, 3.63) is 88.9 Å². The first-order valence-corrected chi connectivity index (χ1v) is 10.5. The molecule has 6 nitrogen and oxygen atoms in total. The number of carbonyl (C=O) groups is 2. The van der Waals surface area contributed by atoms with Crippen LogP contribution in [0.2, 0.25) is 0 Å². The predicted octanol–water partition coefficient (Wildman–Crippen LogP) is 3.82. The minimum atomic E-state index is -0.395. The molecule has 1 aliphatic rings. The number of pyridine rings is 2. The number of hydrogen-bond donors (Lipinski definition) is 0. The Morgan fingerprint density at radius 3 is 2.30 bits per heavy atom. The highest BCUT2D eigenvalue weighted by Crippen LogP contribution is 2.27. The van der Waals surface area contributed by atoms with Gasteiger partial charge in [-0.2, -0.15) is 0 Å². The largest absolute Gasteiger partial charge is 0.336 e. The molecular formula is C23H21BrN4O2. The number of rotatable bonds is 6. The van der Waals surface area contributed by atoms with Gasteiger partial charge in [0.15, 0.2) is 0 Å². The second kappa shape index (κ2) is 9.17. The standard InChI is InChI=1S/C23H21BrN4O2/c24-18-7-9-21(10-8-18)28(16-20-6-2-4-12-26-20)23(30)17-13-22(29)27(14-17)15-19-5-1-3-11-25-19/h1-12,17H,13-16H2. The summed E-state index contributed by atoms with van der Waals surface area (Å²) in [5, 5.41) is 0. The highest BCUT2D eigenvalue weighted by atomic mass is 79.9. The van der Waals surface area contributed by atoms with E-state index in [1.54, 1.807) is 22.2 Å². The molecule has 1 unspecified atom stereocenters. The summed E-state index contributed by atoms with van der Waals surface area (Å²) >= 11 is 3.44. The van der Waals surface area contributed by atoms with Gasteiger partial charge in [0, 0.05) is 35.5 Å². The van der Waals surface area contributed by atoms with E-state index >= 15 is 0 Å². The Kier molecular flexibility index (Phi) is 6.18. The molecule has 152 valence electrons. The van der Waals surface area contributed by atoms with Crippen LogP contribution in [0.4, 0.5) is 5.69 Å². The maximum absolute atomic E-state index is 13.5. The van der Waals surface area contributed by atoms with E-state index in [-0.39, 0.29) is 18.2 Å². The van der Waals surface area contributed by atoms with E-state index in [4.69, 9.17) is 0 Å². The van der Waals surface area contributed by atoms with Crippen LogP contribution in [-0.2, 0) is 22.7 Å². The molecule has 1 saturated heterocycles. The van der Waals surface area contributed by atoms with Gasteiger partial charge in [-0.3, -0.25) is 19.6 Å². The summed E-state index contributed by atoms with van der Waals surface area (Å²) in [6, 6.07) is 18.9. The van der Waals surface area contributed by atoms with Gasteiger partial charge in [0.1, 0.15) is 0 Å². The molecule has 0 spiro atoms. The lowest BCUT2D eigenvalue weighted by Gasteiger charge is -2.25. The number of benzene rings is 1. The number of anilines is 1. The summed E-state index contributed by atoms with van der Waals surface area (Å²) in [5.74, 6) is -0.485. The molecule has 0 bridgehead atoms. The Hall–Kier alpha value is -3.06.